The zero-order valence-corrected chi connectivity index (χ0v) is 15.4. The number of rotatable bonds is 5. The molecule has 10 heteroatoms. The lowest BCUT2D eigenvalue weighted by atomic mass is 10.2. The average molecular weight is 384 g/mol. The number of aromatic nitrogens is 3. The van der Waals surface area contributed by atoms with Crippen molar-refractivity contribution in [3.63, 3.8) is 0 Å². The van der Waals surface area contributed by atoms with Crippen LogP contribution in [0.4, 0.5) is 17.5 Å². The Labute approximate surface area is 151 Å². The van der Waals surface area contributed by atoms with Crippen molar-refractivity contribution in [2.24, 2.45) is 0 Å². The number of ether oxygens (including phenoxy) is 1. The first kappa shape index (κ1) is 17.7. The van der Waals surface area contributed by atoms with Gasteiger partial charge in [0.2, 0.25) is 5.95 Å². The summed E-state index contributed by atoms with van der Waals surface area (Å²) >= 11 is 6.10. The van der Waals surface area contributed by atoms with Crippen LogP contribution in [0.3, 0.4) is 0 Å². The molecule has 1 N–H and O–H groups in total. The number of nitrogens with one attached hydrogen (secondary N) is 1. The first-order valence-electron chi connectivity index (χ1n) is 7.61. The number of hydrogen-bond donors (Lipinski definition) is 1. The van der Waals surface area contributed by atoms with E-state index in [0.29, 0.717) is 34.6 Å². The molecule has 0 saturated carbocycles. The van der Waals surface area contributed by atoms with Crippen LogP contribution in [0.1, 0.15) is 6.42 Å². The summed E-state index contributed by atoms with van der Waals surface area (Å²) in [5.41, 5.74) is 0.691. The Balaban J connectivity index is 1.76. The second-order valence-electron chi connectivity index (χ2n) is 5.78. The average Bonchev–Trinajstić information content (AvgIpc) is 2.94. The predicted molar refractivity (Wildman–Crippen MR) is 96.6 cm³/mol. The Bertz CT molecular complexity index is 877. The third-order valence-electron chi connectivity index (χ3n) is 4.07. The molecule has 2 aromatic rings. The van der Waals surface area contributed by atoms with Crippen LogP contribution < -0.4 is 15.0 Å². The van der Waals surface area contributed by atoms with E-state index >= 15 is 0 Å². The van der Waals surface area contributed by atoms with E-state index in [-0.39, 0.29) is 17.5 Å². The lowest BCUT2D eigenvalue weighted by Gasteiger charge is -2.24. The maximum atomic E-state index is 11.7. The third kappa shape index (κ3) is 4.10. The number of methoxy groups -OCH3 is 1. The molecular weight excluding hydrogens is 366 g/mol. The molecule has 3 rings (SSSR count). The minimum Gasteiger partial charge on any atom is -0.495 e. The Hall–Kier alpha value is -2.13. The van der Waals surface area contributed by atoms with Crippen molar-refractivity contribution in [1.29, 1.82) is 0 Å². The third-order valence-corrected chi connectivity index (χ3v) is 6.12. The molecule has 1 unspecified atom stereocenters. The number of halogens is 1. The molecule has 1 saturated heterocycles. The van der Waals surface area contributed by atoms with Gasteiger partial charge in [-0.2, -0.15) is 10.1 Å². The topological polar surface area (TPSA) is 97.3 Å². The van der Waals surface area contributed by atoms with Gasteiger partial charge in [0.25, 0.3) is 0 Å². The van der Waals surface area contributed by atoms with E-state index < -0.39 is 9.84 Å². The zero-order valence-electron chi connectivity index (χ0n) is 13.8. The van der Waals surface area contributed by atoms with E-state index in [2.05, 4.69) is 20.5 Å². The lowest BCUT2D eigenvalue weighted by molar-refractivity contribution is 0.415. The molecule has 8 nitrogen and oxygen atoms in total. The Kier molecular flexibility index (Phi) is 4.96. The van der Waals surface area contributed by atoms with E-state index in [9.17, 15) is 8.42 Å². The first-order valence-corrected chi connectivity index (χ1v) is 9.81. The molecule has 0 aliphatic carbocycles. The molecular formula is C15H18ClN5O3S. The summed E-state index contributed by atoms with van der Waals surface area (Å²) in [6.45, 7) is 0. The van der Waals surface area contributed by atoms with Crippen LogP contribution in [-0.4, -0.2) is 55.3 Å². The summed E-state index contributed by atoms with van der Waals surface area (Å²) in [5, 5.41) is 11.4. The van der Waals surface area contributed by atoms with E-state index in [1.54, 1.807) is 25.3 Å². The van der Waals surface area contributed by atoms with Gasteiger partial charge in [-0.25, -0.2) is 8.42 Å². The Morgan fingerprint density at radius 2 is 2.20 bits per heavy atom. The molecule has 1 aromatic carbocycles. The first-order chi connectivity index (χ1) is 11.9. The van der Waals surface area contributed by atoms with Crippen LogP contribution in [0, 0.1) is 0 Å². The lowest BCUT2D eigenvalue weighted by Crippen LogP contribution is -2.33. The van der Waals surface area contributed by atoms with Gasteiger partial charge in [-0.15, -0.1) is 5.10 Å². The highest BCUT2D eigenvalue weighted by molar-refractivity contribution is 7.91. The Morgan fingerprint density at radius 3 is 2.84 bits per heavy atom. The maximum absolute atomic E-state index is 11.7. The zero-order chi connectivity index (χ0) is 18.0. The van der Waals surface area contributed by atoms with Crippen molar-refractivity contribution in [2.45, 2.75) is 12.5 Å². The molecule has 0 amide bonds. The normalized spacial score (nSPS) is 18.8. The molecule has 134 valence electrons. The van der Waals surface area contributed by atoms with Crippen molar-refractivity contribution in [1.82, 2.24) is 15.2 Å². The van der Waals surface area contributed by atoms with Gasteiger partial charge < -0.3 is 15.0 Å². The molecule has 0 radical (unpaired) electrons. The largest absolute Gasteiger partial charge is 0.495 e. The summed E-state index contributed by atoms with van der Waals surface area (Å²) in [5.74, 6) is 1.76. The fraction of sp³-hybridized carbons (Fsp3) is 0.400. The van der Waals surface area contributed by atoms with Crippen molar-refractivity contribution >= 4 is 38.9 Å². The highest BCUT2D eigenvalue weighted by Crippen LogP contribution is 2.28. The van der Waals surface area contributed by atoms with E-state index in [4.69, 9.17) is 16.3 Å². The number of anilines is 3. The fourth-order valence-electron chi connectivity index (χ4n) is 2.66. The standard InChI is InChI=1S/C15H18ClN5O3S/c1-21(11-5-6-25(22,23)9-11)14-8-17-20-15(19-14)18-10-3-4-13(24-2)12(16)7-10/h3-4,7-8,11H,5-6,9H2,1-2H3,(H,18,19,20). The van der Waals surface area contributed by atoms with Gasteiger partial charge in [0.05, 0.1) is 29.8 Å². The summed E-state index contributed by atoms with van der Waals surface area (Å²) in [7, 11) is 0.388. The van der Waals surface area contributed by atoms with Gasteiger partial charge in [-0.1, -0.05) is 11.6 Å². The van der Waals surface area contributed by atoms with Crippen LogP contribution in [0.15, 0.2) is 24.4 Å². The maximum Gasteiger partial charge on any atom is 0.249 e. The van der Waals surface area contributed by atoms with E-state index in [0.717, 1.165) is 0 Å². The van der Waals surface area contributed by atoms with Crippen LogP contribution in [0.2, 0.25) is 5.02 Å². The van der Waals surface area contributed by atoms with E-state index in [1.807, 2.05) is 11.9 Å². The summed E-state index contributed by atoms with van der Waals surface area (Å²) in [6, 6.07) is 5.11. The van der Waals surface area contributed by atoms with Crippen molar-refractivity contribution in [3.05, 3.63) is 29.4 Å². The van der Waals surface area contributed by atoms with Crippen molar-refractivity contribution in [3.8, 4) is 5.75 Å². The van der Waals surface area contributed by atoms with E-state index in [1.165, 1.54) is 6.20 Å². The smallest absolute Gasteiger partial charge is 0.249 e. The summed E-state index contributed by atoms with van der Waals surface area (Å²) < 4.78 is 28.4. The monoisotopic (exact) mass is 383 g/mol. The highest BCUT2D eigenvalue weighted by atomic mass is 35.5. The molecule has 25 heavy (non-hydrogen) atoms. The molecule has 1 atom stereocenters. The van der Waals surface area contributed by atoms with Crippen LogP contribution in [0.25, 0.3) is 0 Å². The quantitative estimate of drug-likeness (QED) is 0.836. The number of hydrogen-bond acceptors (Lipinski definition) is 8. The molecule has 0 bridgehead atoms. The van der Waals surface area contributed by atoms with Crippen molar-refractivity contribution < 1.29 is 13.2 Å². The van der Waals surface area contributed by atoms with Crippen LogP contribution in [0.5, 0.6) is 5.75 Å². The van der Waals surface area contributed by atoms with Gasteiger partial charge in [0.15, 0.2) is 15.7 Å². The summed E-state index contributed by atoms with van der Waals surface area (Å²) in [4.78, 5) is 6.23. The minimum absolute atomic E-state index is 0.106. The van der Waals surface area contributed by atoms with Crippen LogP contribution in [-0.2, 0) is 9.84 Å². The van der Waals surface area contributed by atoms with Gasteiger partial charge in [0, 0.05) is 18.8 Å². The summed E-state index contributed by atoms with van der Waals surface area (Å²) in [6.07, 6.45) is 2.09. The molecule has 0 spiro atoms. The molecule has 1 aliphatic heterocycles. The number of nitrogens with zero attached hydrogens (tertiary/aromatic N) is 4. The number of sulfone groups is 1. The van der Waals surface area contributed by atoms with Crippen molar-refractivity contribution in [2.75, 3.05) is 35.9 Å². The second kappa shape index (κ2) is 7.01. The second-order valence-corrected chi connectivity index (χ2v) is 8.42. The minimum atomic E-state index is -2.97. The SMILES string of the molecule is COc1ccc(Nc2nncc(N(C)C3CCS(=O)(=O)C3)n2)cc1Cl. The van der Waals surface area contributed by atoms with Gasteiger partial charge in [-0.3, -0.25) is 0 Å². The van der Waals surface area contributed by atoms with Gasteiger partial charge >= 0.3 is 0 Å². The molecule has 1 aromatic heterocycles. The Morgan fingerprint density at radius 1 is 1.40 bits per heavy atom. The molecule has 2 heterocycles. The molecule has 1 aliphatic rings. The van der Waals surface area contributed by atoms with Crippen LogP contribution >= 0.6 is 11.6 Å². The predicted octanol–water partition coefficient (Wildman–Crippen LogP) is 1.90. The molecule has 1 fully saturated rings. The van der Waals surface area contributed by atoms with Gasteiger partial charge in [-0.05, 0) is 24.6 Å². The highest BCUT2D eigenvalue weighted by Gasteiger charge is 2.31. The number of benzene rings is 1. The fourth-order valence-corrected chi connectivity index (χ4v) is 4.69. The van der Waals surface area contributed by atoms with Gasteiger partial charge in [0.1, 0.15) is 5.75 Å².